The Morgan fingerprint density at radius 1 is 1.28 bits per heavy atom. The third-order valence-corrected chi connectivity index (χ3v) is 9.06. The molecule has 4 saturated carbocycles. The second-order valence-corrected chi connectivity index (χ2v) is 9.64. The van der Waals surface area contributed by atoms with Gasteiger partial charge in [0.1, 0.15) is 6.10 Å². The molecule has 1 heterocycles. The number of fused-ring (bicyclic) bond motifs is 4. The smallest absolute Gasteiger partial charge is 0.312 e. The Balaban J connectivity index is 1.76. The van der Waals surface area contributed by atoms with Crippen LogP contribution in [0.2, 0.25) is 0 Å². The molecule has 2 bridgehead atoms. The van der Waals surface area contributed by atoms with Crippen LogP contribution >= 0.6 is 0 Å². The maximum atomic E-state index is 13.0. The minimum absolute atomic E-state index is 0.246. The van der Waals surface area contributed by atoms with Gasteiger partial charge in [0, 0.05) is 5.41 Å². The number of esters is 1. The minimum Gasteiger partial charge on any atom is -0.481 e. The van der Waals surface area contributed by atoms with Crippen LogP contribution < -0.4 is 0 Å². The maximum Gasteiger partial charge on any atom is 0.312 e. The molecule has 9 unspecified atom stereocenters. The van der Waals surface area contributed by atoms with Gasteiger partial charge in [0.2, 0.25) is 0 Å². The topological polar surface area (TPSA) is 83.8 Å². The molecule has 2 N–H and O–H groups in total. The van der Waals surface area contributed by atoms with Crippen LogP contribution in [0.3, 0.4) is 0 Å². The lowest BCUT2D eigenvalue weighted by Crippen LogP contribution is -2.57. The standard InChI is InChI=1S/C20H26O5/c1-9-10-4-5-11-18(2)7-6-12(21)19(3,17(23)24)14(18)13-16(22)25-15(9)20(11,13)8-10/h10-15,21H,1,4-8H2,2-3H3,(H,23,24). The highest BCUT2D eigenvalue weighted by Crippen LogP contribution is 2.79. The average molecular weight is 346 g/mol. The Morgan fingerprint density at radius 2 is 2.00 bits per heavy atom. The Hall–Kier alpha value is -1.36. The van der Waals surface area contributed by atoms with Gasteiger partial charge in [0.15, 0.2) is 0 Å². The number of ether oxygens (including phenoxy) is 1. The fourth-order valence-corrected chi connectivity index (χ4v) is 8.15. The maximum absolute atomic E-state index is 13.0. The molecule has 5 nitrogen and oxygen atoms in total. The second kappa shape index (κ2) is 4.30. The lowest BCUT2D eigenvalue weighted by Gasteiger charge is -2.52. The van der Waals surface area contributed by atoms with E-state index in [0.717, 1.165) is 31.3 Å². The van der Waals surface area contributed by atoms with E-state index in [0.29, 0.717) is 12.3 Å². The summed E-state index contributed by atoms with van der Waals surface area (Å²) in [6, 6.07) is 0. The lowest BCUT2D eigenvalue weighted by atomic mass is 9.52. The Morgan fingerprint density at radius 3 is 2.68 bits per heavy atom. The molecule has 5 fully saturated rings. The zero-order valence-corrected chi connectivity index (χ0v) is 14.8. The summed E-state index contributed by atoms with van der Waals surface area (Å²) in [5.74, 6) is -1.39. The predicted molar refractivity (Wildman–Crippen MR) is 88.4 cm³/mol. The van der Waals surface area contributed by atoms with E-state index in [4.69, 9.17) is 4.74 Å². The number of aliphatic hydroxyl groups is 1. The normalized spacial score (nSPS) is 58.7. The Kier molecular flexibility index (Phi) is 2.73. The SMILES string of the molecule is C=C1C2CCC3C4(C)CCC(O)C(C)(C(=O)O)C4C4C(=O)OC1C43C2. The highest BCUT2D eigenvalue weighted by Gasteiger charge is 2.82. The van der Waals surface area contributed by atoms with Gasteiger partial charge in [-0.3, -0.25) is 9.59 Å². The summed E-state index contributed by atoms with van der Waals surface area (Å²) in [5, 5.41) is 20.7. The highest BCUT2D eigenvalue weighted by molar-refractivity contribution is 5.83. The van der Waals surface area contributed by atoms with Gasteiger partial charge in [0.25, 0.3) is 0 Å². The molecule has 1 spiro atoms. The zero-order valence-electron chi connectivity index (χ0n) is 14.8. The molecule has 9 atom stereocenters. The monoisotopic (exact) mass is 346 g/mol. The van der Waals surface area contributed by atoms with Crippen molar-refractivity contribution in [1.29, 1.82) is 0 Å². The summed E-state index contributed by atoms with van der Waals surface area (Å²) in [7, 11) is 0. The van der Waals surface area contributed by atoms with E-state index >= 15 is 0 Å². The highest BCUT2D eigenvalue weighted by atomic mass is 16.6. The van der Waals surface area contributed by atoms with Crippen LogP contribution in [0.1, 0.15) is 46.0 Å². The fourth-order valence-electron chi connectivity index (χ4n) is 8.15. The first kappa shape index (κ1) is 15.9. The minimum atomic E-state index is -1.31. The molecule has 4 aliphatic carbocycles. The third-order valence-electron chi connectivity index (χ3n) is 9.06. The largest absolute Gasteiger partial charge is 0.481 e. The summed E-state index contributed by atoms with van der Waals surface area (Å²) in [4.78, 5) is 25.3. The molecule has 0 radical (unpaired) electrons. The van der Waals surface area contributed by atoms with Gasteiger partial charge in [-0.25, -0.2) is 0 Å². The van der Waals surface area contributed by atoms with Crippen LogP contribution in [0.4, 0.5) is 0 Å². The number of carbonyl (C=O) groups excluding carboxylic acids is 1. The van der Waals surface area contributed by atoms with E-state index in [2.05, 4.69) is 13.5 Å². The van der Waals surface area contributed by atoms with Gasteiger partial charge in [-0.1, -0.05) is 13.5 Å². The molecule has 5 heteroatoms. The summed E-state index contributed by atoms with van der Waals surface area (Å²) in [6.45, 7) is 8.07. The van der Waals surface area contributed by atoms with Crippen LogP contribution in [-0.4, -0.2) is 34.4 Å². The molecular weight excluding hydrogens is 320 g/mol. The van der Waals surface area contributed by atoms with Crippen molar-refractivity contribution in [3.05, 3.63) is 12.2 Å². The molecule has 25 heavy (non-hydrogen) atoms. The number of carboxylic acids is 1. The van der Waals surface area contributed by atoms with E-state index in [9.17, 15) is 19.8 Å². The first-order chi connectivity index (χ1) is 11.7. The molecule has 1 aliphatic heterocycles. The van der Waals surface area contributed by atoms with Crippen molar-refractivity contribution in [3.63, 3.8) is 0 Å². The van der Waals surface area contributed by atoms with Gasteiger partial charge in [0.05, 0.1) is 17.4 Å². The van der Waals surface area contributed by atoms with Gasteiger partial charge in [-0.05, 0) is 67.8 Å². The van der Waals surface area contributed by atoms with Crippen molar-refractivity contribution in [3.8, 4) is 0 Å². The fraction of sp³-hybridized carbons (Fsp3) is 0.800. The second-order valence-electron chi connectivity index (χ2n) is 9.64. The zero-order chi connectivity index (χ0) is 17.9. The van der Waals surface area contributed by atoms with Gasteiger partial charge in [-0.15, -0.1) is 0 Å². The van der Waals surface area contributed by atoms with Crippen LogP contribution in [-0.2, 0) is 14.3 Å². The van der Waals surface area contributed by atoms with Crippen molar-refractivity contribution >= 4 is 11.9 Å². The van der Waals surface area contributed by atoms with Crippen LogP contribution in [0.5, 0.6) is 0 Å². The van der Waals surface area contributed by atoms with E-state index in [1.54, 1.807) is 6.92 Å². The van der Waals surface area contributed by atoms with E-state index in [-0.39, 0.29) is 34.7 Å². The van der Waals surface area contributed by atoms with Crippen LogP contribution in [0.25, 0.3) is 0 Å². The van der Waals surface area contributed by atoms with Crippen molar-refractivity contribution in [2.75, 3.05) is 0 Å². The number of rotatable bonds is 1. The predicted octanol–water partition coefficient (Wildman–Crippen LogP) is 2.38. The molecule has 0 aromatic heterocycles. The average Bonchev–Trinajstić information content (AvgIpc) is 3.04. The third kappa shape index (κ3) is 1.41. The van der Waals surface area contributed by atoms with Crippen molar-refractivity contribution in [2.45, 2.75) is 58.2 Å². The molecule has 136 valence electrons. The lowest BCUT2D eigenvalue weighted by molar-refractivity contribution is -0.181. The van der Waals surface area contributed by atoms with E-state index < -0.39 is 23.4 Å². The number of aliphatic carboxylic acids is 1. The van der Waals surface area contributed by atoms with Gasteiger partial charge >= 0.3 is 11.9 Å². The molecule has 5 aliphatic rings. The molecular formula is C20H26O5. The Bertz CT molecular complexity index is 715. The van der Waals surface area contributed by atoms with Crippen LogP contribution in [0.15, 0.2) is 12.2 Å². The first-order valence-corrected chi connectivity index (χ1v) is 9.49. The summed E-state index contributed by atoms with van der Waals surface area (Å²) in [5.41, 5.74) is -0.809. The molecule has 1 saturated heterocycles. The quantitative estimate of drug-likeness (QED) is 0.562. The van der Waals surface area contributed by atoms with Crippen LogP contribution in [0, 0.1) is 39.9 Å². The summed E-state index contributed by atoms with van der Waals surface area (Å²) < 4.78 is 5.83. The number of aliphatic hydroxyl groups excluding tert-OH is 1. The molecule has 0 aromatic carbocycles. The first-order valence-electron chi connectivity index (χ1n) is 9.49. The number of carbonyl (C=O) groups is 2. The van der Waals surface area contributed by atoms with Crippen molar-refractivity contribution < 1.29 is 24.5 Å². The summed E-state index contributed by atoms with van der Waals surface area (Å²) >= 11 is 0. The molecule has 0 amide bonds. The summed E-state index contributed by atoms with van der Waals surface area (Å²) in [6.07, 6.45) is 3.05. The van der Waals surface area contributed by atoms with Gasteiger partial charge in [-0.2, -0.15) is 0 Å². The van der Waals surface area contributed by atoms with Crippen molar-refractivity contribution in [2.24, 2.45) is 39.9 Å². The number of hydrogen-bond acceptors (Lipinski definition) is 4. The number of carboxylic acid groups (broad SMARTS) is 1. The molecule has 5 rings (SSSR count). The van der Waals surface area contributed by atoms with E-state index in [1.807, 2.05) is 0 Å². The Labute approximate surface area is 147 Å². The number of hydrogen-bond donors (Lipinski definition) is 2. The molecule has 0 aromatic rings. The van der Waals surface area contributed by atoms with E-state index in [1.165, 1.54) is 0 Å². The van der Waals surface area contributed by atoms with Gasteiger partial charge < -0.3 is 14.9 Å². The van der Waals surface area contributed by atoms with Crippen molar-refractivity contribution in [1.82, 2.24) is 0 Å².